The van der Waals surface area contributed by atoms with E-state index in [0.29, 0.717) is 11.1 Å². The summed E-state index contributed by atoms with van der Waals surface area (Å²) >= 11 is 0. The number of aryl methyl sites for hydroxylation is 18. The molecule has 0 aliphatic rings. The van der Waals surface area contributed by atoms with Crippen molar-refractivity contribution in [1.82, 2.24) is 0 Å². The molecule has 0 aliphatic carbocycles. The molecule has 6 aromatic carbocycles. The summed E-state index contributed by atoms with van der Waals surface area (Å²) in [6, 6.07) is 64.4. The molecule has 6 heterocycles. The molecule has 0 radical (unpaired) electrons. The summed E-state index contributed by atoms with van der Waals surface area (Å²) < 4.78 is 92.7. The molecule has 0 saturated carbocycles. The van der Waals surface area contributed by atoms with E-state index in [1.807, 2.05) is 140 Å². The Labute approximate surface area is 696 Å². The first kappa shape index (κ1) is 75.6. The highest BCUT2D eigenvalue weighted by Crippen LogP contribution is 2.30. The van der Waals surface area contributed by atoms with Gasteiger partial charge in [0.1, 0.15) is 42.3 Å². The van der Waals surface area contributed by atoms with E-state index in [4.69, 9.17) is 13.7 Å². The number of rotatable bonds is 11. The second-order valence-electron chi connectivity index (χ2n) is 35.9. The highest BCUT2D eigenvalue weighted by Gasteiger charge is 2.30. The minimum Gasteiger partial charge on any atom is -0.201 e. The average molecular weight is 1560 g/mol. The summed E-state index contributed by atoms with van der Waals surface area (Å²) in [5.41, 5.74) is 27.4. The molecule has 0 unspecified atom stereocenters. The van der Waals surface area contributed by atoms with Gasteiger partial charge < -0.3 is 0 Å². The Balaban J connectivity index is 0.000000203. The van der Waals surface area contributed by atoms with Crippen LogP contribution in [0.3, 0.4) is 0 Å². The van der Waals surface area contributed by atoms with Gasteiger partial charge in [0.05, 0.1) is 24.2 Å². The zero-order valence-electron chi connectivity index (χ0n) is 84.0. The Kier molecular flexibility index (Phi) is 25.7. The summed E-state index contributed by atoms with van der Waals surface area (Å²) in [5.74, 6) is 0. The van der Waals surface area contributed by atoms with Crippen LogP contribution in [0.1, 0.15) is 133 Å². The van der Waals surface area contributed by atoms with E-state index >= 15 is 0 Å². The summed E-state index contributed by atoms with van der Waals surface area (Å²) in [4.78, 5) is 0. The maximum Gasteiger partial charge on any atom is 0.212 e. The van der Waals surface area contributed by atoms with Crippen LogP contribution < -0.4 is 43.0 Å². The second-order valence-corrected chi connectivity index (χ2v) is 51.1. The summed E-state index contributed by atoms with van der Waals surface area (Å²) in [7, 11) is 7.95. The van der Waals surface area contributed by atoms with Gasteiger partial charge in [-0.3, -0.25) is 0 Å². The van der Waals surface area contributed by atoms with Crippen LogP contribution in [-0.2, 0) is 55.0 Å². The number of pyridine rings is 6. The standard InChI is InChI=1S/C21H32NSi.C19H26N.2C17H24NSi.C15H18N.C14H16N/c1-16-11-9-10-12-18(16)19-13-17(14-21(2,3)4)20(15-22(19)5)23(6,7)8;1-14-9-7-8-10-17(14)18-11-15(2)16(13-20(18)6)12-19(3,4)5;1-13-7-9-16(14(2)11-13)17-10-8-15(12-18(17)3)19(4,5)6;1-13-9-7-8-10-15(13)16-11-14(2)17(12-18(16)3)19(4,5)6;1-11-7-5-6-8-14(11)15-9-12(2)13(3)10-16(15)4;1-11-8-9-15(3)14(10-11)13-7-5-4-6-12(13)2/h9-13,15H,14H2,1-8H3;7-11,13H,12H2,1-6H3;2*7-12H,1-6H3;5-10H,1-4H3;4-10H,1-3H3/q6*+1/i14D2;12D2;1D3;;3D3;. The molecular weight excluding hydrogens is 1410 g/mol. The molecule has 0 spiro atoms. The van der Waals surface area contributed by atoms with Gasteiger partial charge in [-0.05, 0) is 204 Å². The fourth-order valence-electron chi connectivity index (χ4n) is 13.9. The van der Waals surface area contributed by atoms with Gasteiger partial charge in [0.15, 0.2) is 37.2 Å². The Morgan fingerprint density at radius 3 is 1.04 bits per heavy atom. The first-order valence-electron chi connectivity index (χ1n) is 44.6. The number of aromatic nitrogens is 6. The molecule has 12 rings (SSSR count). The predicted molar refractivity (Wildman–Crippen MR) is 490 cm³/mol. The van der Waals surface area contributed by atoms with E-state index < -0.39 is 61.5 Å². The van der Waals surface area contributed by atoms with Gasteiger partial charge in [0.25, 0.3) is 0 Å². The summed E-state index contributed by atoms with van der Waals surface area (Å²) in [6.07, 6.45) is 9.71. The fourth-order valence-corrected chi connectivity index (χ4v) is 18.4. The van der Waals surface area contributed by atoms with E-state index in [0.717, 1.165) is 67.3 Å². The van der Waals surface area contributed by atoms with Crippen molar-refractivity contribution in [3.63, 3.8) is 0 Å². The zero-order valence-corrected chi connectivity index (χ0v) is 77.0. The molecule has 12 aromatic rings. The van der Waals surface area contributed by atoms with Crippen LogP contribution in [0.4, 0.5) is 0 Å². The van der Waals surface area contributed by atoms with Crippen LogP contribution in [0, 0.1) is 93.8 Å². The van der Waals surface area contributed by atoms with Crippen molar-refractivity contribution in [2.75, 3.05) is 0 Å². The van der Waals surface area contributed by atoms with Crippen LogP contribution in [0.25, 0.3) is 67.5 Å². The van der Waals surface area contributed by atoms with Crippen LogP contribution in [0.2, 0.25) is 58.9 Å². The lowest BCUT2D eigenvalue weighted by Gasteiger charge is -2.25. The van der Waals surface area contributed by atoms with E-state index in [2.05, 4.69) is 306 Å². The van der Waals surface area contributed by atoms with Crippen LogP contribution in [-0.4, -0.2) is 24.2 Å². The Hall–Kier alpha value is -9.13. The molecule has 112 heavy (non-hydrogen) atoms. The maximum absolute atomic E-state index is 8.90. The van der Waals surface area contributed by atoms with Gasteiger partial charge in [0, 0.05) is 116 Å². The SMILES string of the molecule is Cc1cc[n+](C)c(-c2ccccc2C)c1.Cc1ccccc1-c1cc(C)c([Si](C)(C)C)c[n+]1C.[2H]C([2H])([2H])c1c[n+](C)c(-c2ccccc2C)cc1C.[2H]C([2H])([2H])c1ccc(-c2ccc([Si](C)(C)C)c[n+]2C)c(C)c1.[2H]C([2H])(c1c[n+](C)c(-c2ccccc2C)cc1C)C(C)(C)C.[2H]C([2H])(c1cc(-c2ccccc2C)[n+](C)cc1[Si](C)(C)C)C(C)(C)C. The largest absolute Gasteiger partial charge is 0.212 e. The number of benzene rings is 6. The highest BCUT2D eigenvalue weighted by molar-refractivity contribution is 6.89. The highest BCUT2D eigenvalue weighted by atomic mass is 28.3. The lowest BCUT2D eigenvalue weighted by molar-refractivity contribution is -0.661. The zero-order chi connectivity index (χ0) is 91.9. The third kappa shape index (κ3) is 24.9. The third-order valence-corrected chi connectivity index (χ3v) is 26.4. The number of nitrogens with zero attached hydrogens (tertiary/aromatic N) is 6. The normalized spacial score (nSPS) is 13.3. The molecular formula is C103H140N6Si3+6. The lowest BCUT2D eigenvalue weighted by atomic mass is 9.87. The lowest BCUT2D eigenvalue weighted by Crippen LogP contribution is -2.47. The van der Waals surface area contributed by atoms with Crippen molar-refractivity contribution in [3.8, 4) is 67.5 Å². The monoisotopic (exact) mass is 1560 g/mol. The number of hydrogen-bond donors (Lipinski definition) is 0. The molecule has 0 fully saturated rings. The molecule has 0 saturated heterocycles. The smallest absolute Gasteiger partial charge is 0.201 e. The first-order valence-corrected chi connectivity index (χ1v) is 50.1. The van der Waals surface area contributed by atoms with Crippen molar-refractivity contribution in [2.24, 2.45) is 53.1 Å². The van der Waals surface area contributed by atoms with Crippen molar-refractivity contribution in [3.05, 3.63) is 303 Å². The van der Waals surface area contributed by atoms with Gasteiger partial charge in [-0.2, -0.15) is 0 Å². The van der Waals surface area contributed by atoms with E-state index in [9.17, 15) is 0 Å². The van der Waals surface area contributed by atoms with E-state index in [1.165, 1.54) is 77.4 Å². The molecule has 6 aromatic heterocycles. The Morgan fingerprint density at radius 2 is 0.643 bits per heavy atom. The molecule has 588 valence electrons. The van der Waals surface area contributed by atoms with Crippen LogP contribution in [0.5, 0.6) is 0 Å². The van der Waals surface area contributed by atoms with Gasteiger partial charge in [0.2, 0.25) is 34.2 Å². The molecule has 6 nitrogen and oxygen atoms in total. The minimum atomic E-state index is -2.06. The third-order valence-electron chi connectivity index (χ3n) is 20.3. The predicted octanol–water partition coefficient (Wildman–Crippen LogP) is 21.6. The van der Waals surface area contributed by atoms with Crippen LogP contribution in [0.15, 0.2) is 225 Å². The molecule has 9 heteroatoms. The molecule has 0 N–H and O–H groups in total. The quantitative estimate of drug-likeness (QED) is 0.0910. The van der Waals surface area contributed by atoms with Crippen molar-refractivity contribution < 1.29 is 41.1 Å². The Bertz CT molecular complexity index is 5520. The minimum absolute atomic E-state index is 0.398. The molecule has 0 amide bonds. The second kappa shape index (κ2) is 38.1. The van der Waals surface area contributed by atoms with Gasteiger partial charge in [-0.15, -0.1) is 0 Å². The van der Waals surface area contributed by atoms with Gasteiger partial charge in [-0.1, -0.05) is 215 Å². The topological polar surface area (TPSA) is 23.3 Å². The molecule has 0 bridgehead atoms. The van der Waals surface area contributed by atoms with Crippen LogP contribution >= 0.6 is 0 Å². The van der Waals surface area contributed by atoms with Gasteiger partial charge >= 0.3 is 0 Å². The Morgan fingerprint density at radius 1 is 0.277 bits per heavy atom. The number of hydrogen-bond acceptors (Lipinski definition) is 0. The first-order chi connectivity index (χ1) is 56.1. The van der Waals surface area contributed by atoms with E-state index in [-0.39, 0.29) is 0 Å². The van der Waals surface area contributed by atoms with Gasteiger partial charge in [-0.25, -0.2) is 27.4 Å². The average Bonchev–Trinajstić information content (AvgIpc) is 0.749. The summed E-state index contributed by atoms with van der Waals surface area (Å²) in [6.45, 7) is 49.6. The van der Waals surface area contributed by atoms with Crippen molar-refractivity contribution in [2.45, 2.75) is 196 Å². The van der Waals surface area contributed by atoms with E-state index in [1.54, 1.807) is 23.5 Å². The summed E-state index contributed by atoms with van der Waals surface area (Å²) in [5, 5.41) is 4.16. The molecule has 0 aliphatic heterocycles. The van der Waals surface area contributed by atoms with Crippen molar-refractivity contribution >= 4 is 39.8 Å². The molecule has 0 atom stereocenters. The fraction of sp³-hybridized carbons (Fsp3) is 0.359. The maximum atomic E-state index is 8.90. The van der Waals surface area contributed by atoms with Crippen molar-refractivity contribution in [1.29, 1.82) is 0 Å².